The fourth-order valence-electron chi connectivity index (χ4n) is 0.965. The van der Waals surface area contributed by atoms with E-state index in [0.717, 1.165) is 5.56 Å². The number of allylic oxidation sites excluding steroid dienone is 1. The van der Waals surface area contributed by atoms with Crippen molar-refractivity contribution in [3.63, 3.8) is 0 Å². The maximum absolute atomic E-state index is 4.86. The fraction of sp³-hybridized carbons (Fsp3) is 0.231. The summed E-state index contributed by atoms with van der Waals surface area (Å²) in [6.07, 6.45) is 3.70. The van der Waals surface area contributed by atoms with Crippen molar-refractivity contribution in [2.24, 2.45) is 0 Å². The molecule has 0 amide bonds. The molecule has 0 bridgehead atoms. The highest BCUT2D eigenvalue weighted by Gasteiger charge is 1.84. The van der Waals surface area contributed by atoms with Gasteiger partial charge in [0.25, 0.3) is 0 Å². The summed E-state index contributed by atoms with van der Waals surface area (Å²) in [6.45, 7) is 2.68. The van der Waals surface area contributed by atoms with Crippen LogP contribution in [0.3, 0.4) is 0 Å². The van der Waals surface area contributed by atoms with E-state index in [2.05, 4.69) is 30.9 Å². The summed E-state index contributed by atoms with van der Waals surface area (Å²) in [4.78, 5) is 0. The topological polar surface area (TPSA) is 9.23 Å². The summed E-state index contributed by atoms with van der Waals surface area (Å²) in [6, 6.07) is 8.16. The smallest absolute Gasteiger partial charge is 0.0652 e. The van der Waals surface area contributed by atoms with Gasteiger partial charge < -0.3 is 4.74 Å². The Bertz CT molecular complexity index is 349. The maximum Gasteiger partial charge on any atom is 0.0652 e. The van der Waals surface area contributed by atoms with E-state index in [1.165, 1.54) is 5.56 Å². The lowest BCUT2D eigenvalue weighted by Crippen LogP contribution is -1.79. The summed E-state index contributed by atoms with van der Waals surface area (Å²) in [5, 5.41) is 0. The third-order valence-corrected chi connectivity index (χ3v) is 1.73. The van der Waals surface area contributed by atoms with Crippen molar-refractivity contribution in [1.29, 1.82) is 0 Å². The first kappa shape index (κ1) is 10.6. The van der Waals surface area contributed by atoms with Gasteiger partial charge in [0.05, 0.1) is 6.61 Å². The van der Waals surface area contributed by atoms with E-state index in [9.17, 15) is 0 Å². The predicted molar refractivity (Wildman–Crippen MR) is 59.1 cm³/mol. The second-order valence-electron chi connectivity index (χ2n) is 2.99. The Morgan fingerprint density at radius 3 is 2.64 bits per heavy atom. The molecule has 0 saturated heterocycles. The van der Waals surface area contributed by atoms with Crippen molar-refractivity contribution >= 4 is 0 Å². The van der Waals surface area contributed by atoms with Crippen molar-refractivity contribution in [3.05, 3.63) is 47.5 Å². The molecule has 0 aromatic heterocycles. The monoisotopic (exact) mass is 186 g/mol. The van der Waals surface area contributed by atoms with Gasteiger partial charge in [-0.25, -0.2) is 0 Å². The van der Waals surface area contributed by atoms with Crippen LogP contribution in [0.2, 0.25) is 0 Å². The number of ether oxygens (including phenoxy) is 1. The molecule has 1 nitrogen and oxygen atoms in total. The molecule has 1 aromatic carbocycles. The fourth-order valence-corrected chi connectivity index (χ4v) is 0.965. The molecule has 14 heavy (non-hydrogen) atoms. The minimum Gasteiger partial charge on any atom is -0.381 e. The number of methoxy groups -OCH3 is 1. The van der Waals surface area contributed by atoms with Crippen LogP contribution in [0, 0.1) is 18.8 Å². The number of aryl methyl sites for hydroxylation is 1. The first-order chi connectivity index (χ1) is 6.83. The molecule has 72 valence electrons. The van der Waals surface area contributed by atoms with Crippen LogP contribution >= 0.6 is 0 Å². The Morgan fingerprint density at radius 1 is 1.29 bits per heavy atom. The number of rotatable bonds is 2. The zero-order chi connectivity index (χ0) is 10.2. The minimum absolute atomic E-state index is 0.614. The summed E-state index contributed by atoms with van der Waals surface area (Å²) >= 11 is 0. The van der Waals surface area contributed by atoms with E-state index < -0.39 is 0 Å². The van der Waals surface area contributed by atoms with Gasteiger partial charge in [0, 0.05) is 12.7 Å². The molecule has 0 aliphatic rings. The van der Waals surface area contributed by atoms with Gasteiger partial charge in [-0.3, -0.25) is 0 Å². The lowest BCUT2D eigenvalue weighted by Gasteiger charge is -1.90. The van der Waals surface area contributed by atoms with E-state index >= 15 is 0 Å². The minimum atomic E-state index is 0.614. The lowest BCUT2D eigenvalue weighted by molar-refractivity contribution is 0.234. The molecular formula is C13H14O. The molecule has 0 atom stereocenters. The van der Waals surface area contributed by atoms with Crippen LogP contribution in [0.5, 0.6) is 0 Å². The highest BCUT2D eigenvalue weighted by Crippen LogP contribution is 2.00. The van der Waals surface area contributed by atoms with Crippen molar-refractivity contribution < 1.29 is 4.74 Å². The second kappa shape index (κ2) is 6.01. The molecule has 0 heterocycles. The summed E-state index contributed by atoms with van der Waals surface area (Å²) in [5.74, 6) is 5.98. The van der Waals surface area contributed by atoms with Gasteiger partial charge >= 0.3 is 0 Å². The largest absolute Gasteiger partial charge is 0.381 e. The zero-order valence-electron chi connectivity index (χ0n) is 8.58. The van der Waals surface area contributed by atoms with Gasteiger partial charge in [0.15, 0.2) is 0 Å². The van der Waals surface area contributed by atoms with Gasteiger partial charge in [-0.15, -0.1) is 0 Å². The normalized spacial score (nSPS) is 9.86. The Morgan fingerprint density at radius 2 is 2.00 bits per heavy atom. The van der Waals surface area contributed by atoms with E-state index in [1.807, 2.05) is 24.3 Å². The van der Waals surface area contributed by atoms with Crippen LogP contribution < -0.4 is 0 Å². The van der Waals surface area contributed by atoms with Gasteiger partial charge in [-0.05, 0) is 25.1 Å². The van der Waals surface area contributed by atoms with Crippen LogP contribution in [0.15, 0.2) is 36.4 Å². The van der Waals surface area contributed by atoms with Gasteiger partial charge in [-0.1, -0.05) is 35.6 Å². The van der Waals surface area contributed by atoms with Crippen LogP contribution in [-0.4, -0.2) is 13.7 Å². The highest BCUT2D eigenvalue weighted by atomic mass is 16.5. The van der Waals surface area contributed by atoms with Gasteiger partial charge in [0.2, 0.25) is 0 Å². The molecule has 1 heteroatoms. The molecule has 0 aliphatic carbocycles. The molecule has 1 rings (SSSR count). The average molecular weight is 186 g/mol. The first-order valence-corrected chi connectivity index (χ1v) is 4.55. The van der Waals surface area contributed by atoms with E-state index in [4.69, 9.17) is 4.74 Å². The van der Waals surface area contributed by atoms with Crippen molar-refractivity contribution in [3.8, 4) is 11.8 Å². The van der Waals surface area contributed by atoms with Crippen LogP contribution in [-0.2, 0) is 4.74 Å². The van der Waals surface area contributed by atoms with Crippen molar-refractivity contribution in [2.45, 2.75) is 6.92 Å². The maximum atomic E-state index is 4.86. The predicted octanol–water partition coefficient (Wildman–Crippen LogP) is 2.55. The Hall–Kier alpha value is -1.52. The number of benzene rings is 1. The Balaban J connectivity index is 2.55. The summed E-state index contributed by atoms with van der Waals surface area (Å²) in [5.41, 5.74) is 2.29. The first-order valence-electron chi connectivity index (χ1n) is 4.55. The molecule has 0 saturated carbocycles. The molecule has 0 unspecified atom stereocenters. The van der Waals surface area contributed by atoms with E-state index in [-0.39, 0.29) is 0 Å². The van der Waals surface area contributed by atoms with E-state index in [0.29, 0.717) is 6.61 Å². The van der Waals surface area contributed by atoms with Crippen LogP contribution in [0.1, 0.15) is 11.1 Å². The molecular weight excluding hydrogens is 172 g/mol. The van der Waals surface area contributed by atoms with Crippen molar-refractivity contribution in [2.75, 3.05) is 13.7 Å². The van der Waals surface area contributed by atoms with E-state index in [1.54, 1.807) is 7.11 Å². The second-order valence-corrected chi connectivity index (χ2v) is 2.99. The number of hydrogen-bond donors (Lipinski definition) is 0. The zero-order valence-corrected chi connectivity index (χ0v) is 8.58. The Labute approximate surface area is 85.4 Å². The lowest BCUT2D eigenvalue weighted by atomic mass is 10.1. The number of hydrogen-bond acceptors (Lipinski definition) is 1. The molecule has 1 aromatic rings. The standard InChI is InChI=1S/C13H14O/c1-12-7-9-13(10-8-12)6-4-3-5-11-14-2/h3,5,7-10H,11H2,1-2H3/b5-3+. The van der Waals surface area contributed by atoms with Crippen molar-refractivity contribution in [1.82, 2.24) is 0 Å². The summed E-state index contributed by atoms with van der Waals surface area (Å²) < 4.78 is 4.86. The molecule has 0 radical (unpaired) electrons. The molecule has 0 aliphatic heterocycles. The molecule has 0 spiro atoms. The average Bonchev–Trinajstić information content (AvgIpc) is 2.21. The SMILES string of the molecule is COC/C=C/C#Cc1ccc(C)cc1. The Kier molecular flexibility index (Phi) is 4.54. The molecule has 0 N–H and O–H groups in total. The van der Waals surface area contributed by atoms with Gasteiger partial charge in [-0.2, -0.15) is 0 Å². The quantitative estimate of drug-likeness (QED) is 0.645. The van der Waals surface area contributed by atoms with Crippen LogP contribution in [0.25, 0.3) is 0 Å². The summed E-state index contributed by atoms with van der Waals surface area (Å²) in [7, 11) is 1.66. The van der Waals surface area contributed by atoms with Crippen LogP contribution in [0.4, 0.5) is 0 Å². The third-order valence-electron chi connectivity index (χ3n) is 1.73. The highest BCUT2D eigenvalue weighted by molar-refractivity contribution is 5.38. The van der Waals surface area contributed by atoms with Gasteiger partial charge in [0.1, 0.15) is 0 Å². The third kappa shape index (κ3) is 3.93. The molecule has 0 fully saturated rings.